The Labute approximate surface area is 121 Å². The van der Waals surface area contributed by atoms with Crippen LogP contribution in [0.3, 0.4) is 0 Å². The Hall–Kier alpha value is -0.850. The summed E-state index contributed by atoms with van der Waals surface area (Å²) in [6.45, 7) is 6.53. The highest BCUT2D eigenvalue weighted by atomic mass is 32.2. The Morgan fingerprint density at radius 2 is 1.95 bits per heavy atom. The van der Waals surface area contributed by atoms with Gasteiger partial charge in [-0.15, -0.1) is 0 Å². The first-order chi connectivity index (χ1) is 9.52. The number of hydrogen-bond acceptors (Lipinski definition) is 3. The summed E-state index contributed by atoms with van der Waals surface area (Å²) >= 11 is 0. The van der Waals surface area contributed by atoms with Gasteiger partial charge in [0.05, 0.1) is 0 Å². The van der Waals surface area contributed by atoms with Crippen molar-refractivity contribution in [3.8, 4) is 0 Å². The normalized spacial score (nSPS) is 18.6. The largest absolute Gasteiger partial charge is 0.349 e. The molecule has 20 heavy (non-hydrogen) atoms. The molecule has 0 amide bonds. The first-order valence-corrected chi connectivity index (χ1v) is 8.86. The quantitative estimate of drug-likeness (QED) is 0.901. The fourth-order valence-electron chi connectivity index (χ4n) is 2.84. The topological polar surface area (TPSA) is 68.3 Å². The second-order valence-electron chi connectivity index (χ2n) is 5.41. The summed E-state index contributed by atoms with van der Waals surface area (Å²) < 4.78 is 28.8. The first kappa shape index (κ1) is 15.5. The Morgan fingerprint density at radius 1 is 1.30 bits per heavy atom. The zero-order valence-electron chi connectivity index (χ0n) is 12.4. The maximum Gasteiger partial charge on any atom is 0.244 e. The van der Waals surface area contributed by atoms with E-state index in [1.165, 1.54) is 0 Å². The number of aryl methyl sites for hydroxylation is 1. The summed E-state index contributed by atoms with van der Waals surface area (Å²) in [6, 6.07) is 1.71. The van der Waals surface area contributed by atoms with Crippen LogP contribution in [-0.2, 0) is 23.1 Å². The van der Waals surface area contributed by atoms with Crippen LogP contribution in [0.4, 0.5) is 0 Å². The highest BCUT2D eigenvalue weighted by molar-refractivity contribution is 7.89. The molecule has 5 nitrogen and oxygen atoms in total. The third-order valence-corrected chi connectivity index (χ3v) is 6.16. The molecule has 0 aliphatic carbocycles. The standard InChI is InChI=1S/C14H25N3O2S/c1-3-12-5-7-17(8-6-12)20(18,19)14-9-13(10-15)16(4-2)11-14/h9,11-12H,3-8,10,15H2,1-2H3. The van der Waals surface area contributed by atoms with Crippen molar-refractivity contribution in [3.05, 3.63) is 18.0 Å². The minimum atomic E-state index is -3.36. The molecular formula is C14H25N3O2S. The molecule has 0 atom stereocenters. The summed E-state index contributed by atoms with van der Waals surface area (Å²) in [5.41, 5.74) is 6.54. The third-order valence-electron chi connectivity index (χ3n) is 4.30. The van der Waals surface area contributed by atoms with Crippen molar-refractivity contribution < 1.29 is 8.42 Å². The molecule has 0 unspecified atom stereocenters. The van der Waals surface area contributed by atoms with Gasteiger partial charge in [-0.3, -0.25) is 0 Å². The number of sulfonamides is 1. The summed E-state index contributed by atoms with van der Waals surface area (Å²) in [7, 11) is -3.36. The molecule has 0 spiro atoms. The lowest BCUT2D eigenvalue weighted by molar-refractivity contribution is 0.269. The number of hydrogen-bond donors (Lipinski definition) is 1. The first-order valence-electron chi connectivity index (χ1n) is 7.42. The van der Waals surface area contributed by atoms with Gasteiger partial charge in [0.15, 0.2) is 0 Å². The van der Waals surface area contributed by atoms with Gasteiger partial charge in [0, 0.05) is 38.1 Å². The maximum atomic E-state index is 12.7. The Balaban J connectivity index is 2.20. The van der Waals surface area contributed by atoms with Crippen molar-refractivity contribution in [2.45, 2.75) is 51.1 Å². The van der Waals surface area contributed by atoms with Gasteiger partial charge >= 0.3 is 0 Å². The average molecular weight is 299 g/mol. The van der Waals surface area contributed by atoms with Crippen LogP contribution in [-0.4, -0.2) is 30.4 Å². The predicted octanol–water partition coefficient (Wildman–Crippen LogP) is 1.78. The molecule has 1 aromatic heterocycles. The van der Waals surface area contributed by atoms with Gasteiger partial charge in [0.25, 0.3) is 0 Å². The molecule has 1 aromatic rings. The Bertz CT molecular complexity index is 521. The Kier molecular flexibility index (Phi) is 4.88. The molecule has 0 saturated carbocycles. The minimum Gasteiger partial charge on any atom is -0.349 e. The zero-order chi connectivity index (χ0) is 14.8. The fourth-order valence-corrected chi connectivity index (χ4v) is 4.37. The molecule has 114 valence electrons. The van der Waals surface area contributed by atoms with Crippen molar-refractivity contribution >= 4 is 10.0 Å². The number of nitrogens with two attached hydrogens (primary N) is 1. The lowest BCUT2D eigenvalue weighted by atomic mass is 9.96. The van der Waals surface area contributed by atoms with E-state index in [-0.39, 0.29) is 0 Å². The Morgan fingerprint density at radius 3 is 2.40 bits per heavy atom. The van der Waals surface area contributed by atoms with Gasteiger partial charge in [0.2, 0.25) is 10.0 Å². The minimum absolute atomic E-state index is 0.362. The summed E-state index contributed by atoms with van der Waals surface area (Å²) in [5, 5.41) is 0. The van der Waals surface area contributed by atoms with E-state index in [1.54, 1.807) is 16.6 Å². The third kappa shape index (κ3) is 2.92. The highest BCUT2D eigenvalue weighted by Gasteiger charge is 2.29. The summed E-state index contributed by atoms with van der Waals surface area (Å²) in [4.78, 5) is 0.384. The van der Waals surface area contributed by atoms with Gasteiger partial charge in [-0.05, 0) is 31.7 Å². The van der Waals surface area contributed by atoms with Crippen molar-refractivity contribution in [1.29, 1.82) is 0 Å². The van der Waals surface area contributed by atoms with Crippen molar-refractivity contribution in [3.63, 3.8) is 0 Å². The van der Waals surface area contributed by atoms with Crippen molar-refractivity contribution in [2.75, 3.05) is 13.1 Å². The van der Waals surface area contributed by atoms with Crippen LogP contribution in [0.1, 0.15) is 38.8 Å². The molecule has 0 aromatic carbocycles. The van der Waals surface area contributed by atoms with Crippen LogP contribution in [0.2, 0.25) is 0 Å². The van der Waals surface area contributed by atoms with Crippen LogP contribution in [0, 0.1) is 5.92 Å². The van der Waals surface area contributed by atoms with Gasteiger partial charge in [-0.25, -0.2) is 8.42 Å². The van der Waals surface area contributed by atoms with Crippen LogP contribution in [0.25, 0.3) is 0 Å². The second-order valence-corrected chi connectivity index (χ2v) is 7.35. The van der Waals surface area contributed by atoms with Gasteiger partial charge < -0.3 is 10.3 Å². The predicted molar refractivity (Wildman–Crippen MR) is 79.8 cm³/mol. The number of rotatable bonds is 5. The van der Waals surface area contributed by atoms with Gasteiger partial charge in [0.1, 0.15) is 4.90 Å². The van der Waals surface area contributed by atoms with E-state index < -0.39 is 10.0 Å². The summed E-state index contributed by atoms with van der Waals surface area (Å²) in [5.74, 6) is 0.668. The molecule has 1 aliphatic rings. The van der Waals surface area contributed by atoms with Crippen LogP contribution < -0.4 is 5.73 Å². The average Bonchev–Trinajstić information content (AvgIpc) is 2.91. The molecule has 0 radical (unpaired) electrons. The lowest BCUT2D eigenvalue weighted by Crippen LogP contribution is -2.38. The van der Waals surface area contributed by atoms with E-state index in [0.717, 1.165) is 31.5 Å². The molecule has 2 rings (SSSR count). The van der Waals surface area contributed by atoms with E-state index in [4.69, 9.17) is 5.73 Å². The lowest BCUT2D eigenvalue weighted by Gasteiger charge is -2.30. The van der Waals surface area contributed by atoms with Crippen LogP contribution >= 0.6 is 0 Å². The number of piperidine rings is 1. The highest BCUT2D eigenvalue weighted by Crippen LogP contribution is 2.26. The zero-order valence-corrected chi connectivity index (χ0v) is 13.2. The molecule has 1 fully saturated rings. The SMILES string of the molecule is CCC1CCN(S(=O)(=O)c2cc(CN)n(CC)c2)CC1. The molecular weight excluding hydrogens is 274 g/mol. The van der Waals surface area contributed by atoms with Gasteiger partial charge in [-0.1, -0.05) is 13.3 Å². The van der Waals surface area contributed by atoms with E-state index in [2.05, 4.69) is 6.92 Å². The molecule has 1 saturated heterocycles. The maximum absolute atomic E-state index is 12.7. The van der Waals surface area contributed by atoms with Crippen LogP contribution in [0.15, 0.2) is 17.2 Å². The van der Waals surface area contributed by atoms with E-state index in [0.29, 0.717) is 30.4 Å². The molecule has 2 heterocycles. The number of nitrogens with zero attached hydrogens (tertiary/aromatic N) is 2. The monoisotopic (exact) mass is 299 g/mol. The van der Waals surface area contributed by atoms with Crippen molar-refractivity contribution in [2.24, 2.45) is 11.7 Å². The van der Waals surface area contributed by atoms with E-state index in [9.17, 15) is 8.42 Å². The van der Waals surface area contributed by atoms with E-state index in [1.807, 2.05) is 11.5 Å². The smallest absolute Gasteiger partial charge is 0.244 e. The molecule has 0 bridgehead atoms. The van der Waals surface area contributed by atoms with Crippen molar-refractivity contribution in [1.82, 2.24) is 8.87 Å². The summed E-state index contributed by atoms with van der Waals surface area (Å²) in [6.07, 6.45) is 4.78. The molecule has 6 heteroatoms. The number of aromatic nitrogens is 1. The molecule has 2 N–H and O–H groups in total. The molecule has 1 aliphatic heterocycles. The van der Waals surface area contributed by atoms with E-state index >= 15 is 0 Å². The van der Waals surface area contributed by atoms with Gasteiger partial charge in [-0.2, -0.15) is 4.31 Å². The van der Waals surface area contributed by atoms with Crippen LogP contribution in [0.5, 0.6) is 0 Å². The fraction of sp³-hybridized carbons (Fsp3) is 0.714. The second kappa shape index (κ2) is 6.28.